The van der Waals surface area contributed by atoms with Gasteiger partial charge in [-0.2, -0.15) is 0 Å². The van der Waals surface area contributed by atoms with Crippen LogP contribution in [0.25, 0.3) is 0 Å². The van der Waals surface area contributed by atoms with E-state index in [2.05, 4.69) is 45.0 Å². The Hall–Kier alpha value is -2.34. The van der Waals surface area contributed by atoms with E-state index in [-0.39, 0.29) is 12.1 Å². The lowest BCUT2D eigenvalue weighted by atomic mass is 10.0. The number of likely N-dealkylation sites (tertiary alicyclic amines) is 1. The van der Waals surface area contributed by atoms with Crippen molar-refractivity contribution in [3.05, 3.63) is 48.2 Å². The van der Waals surface area contributed by atoms with Crippen LogP contribution in [0, 0.1) is 0 Å². The third kappa shape index (κ3) is 4.08. The molecule has 116 valence electrons. The van der Waals surface area contributed by atoms with Crippen molar-refractivity contribution < 1.29 is 9.32 Å². The third-order valence-corrected chi connectivity index (χ3v) is 3.85. The Morgan fingerprint density at radius 3 is 2.68 bits per heavy atom. The molecule has 1 fully saturated rings. The molecule has 0 aliphatic carbocycles. The van der Waals surface area contributed by atoms with Crippen LogP contribution in [0.15, 0.2) is 47.1 Å². The lowest BCUT2D eigenvalue weighted by Crippen LogP contribution is -2.45. The first kappa shape index (κ1) is 14.6. The summed E-state index contributed by atoms with van der Waals surface area (Å²) in [5.74, 6) is 0.360. The standard InChI is InChI=1S/C16H20N4O2/c21-16(19-15-6-9-17-22-15)18-14-7-10-20(11-8-14)12-13-4-2-1-3-5-13/h1-6,9,14H,7-8,10-12H2,(H2,18,19,21). The van der Waals surface area contributed by atoms with Gasteiger partial charge in [0.05, 0.1) is 6.20 Å². The van der Waals surface area contributed by atoms with Gasteiger partial charge >= 0.3 is 6.03 Å². The normalized spacial score (nSPS) is 16.4. The van der Waals surface area contributed by atoms with Crippen molar-refractivity contribution in [2.45, 2.75) is 25.4 Å². The van der Waals surface area contributed by atoms with E-state index in [0.717, 1.165) is 32.5 Å². The second kappa shape index (κ2) is 7.09. The molecule has 3 rings (SSSR count). The molecule has 0 saturated carbocycles. The fraction of sp³-hybridized carbons (Fsp3) is 0.375. The molecule has 0 unspecified atom stereocenters. The molecule has 0 bridgehead atoms. The van der Waals surface area contributed by atoms with Crippen molar-refractivity contribution in [1.82, 2.24) is 15.4 Å². The number of anilines is 1. The highest BCUT2D eigenvalue weighted by atomic mass is 16.5. The molecule has 1 aliphatic rings. The summed E-state index contributed by atoms with van der Waals surface area (Å²) in [5, 5.41) is 9.15. The molecule has 2 heterocycles. The molecule has 2 amide bonds. The Morgan fingerprint density at radius 1 is 1.23 bits per heavy atom. The third-order valence-electron chi connectivity index (χ3n) is 3.85. The quantitative estimate of drug-likeness (QED) is 0.910. The molecule has 0 atom stereocenters. The van der Waals surface area contributed by atoms with Gasteiger partial charge in [-0.05, 0) is 18.4 Å². The van der Waals surface area contributed by atoms with E-state index in [4.69, 9.17) is 4.52 Å². The second-order valence-electron chi connectivity index (χ2n) is 5.51. The van der Waals surface area contributed by atoms with Gasteiger partial charge in [-0.3, -0.25) is 10.2 Å². The Kier molecular flexibility index (Phi) is 4.70. The fourth-order valence-electron chi connectivity index (χ4n) is 2.69. The topological polar surface area (TPSA) is 70.4 Å². The predicted octanol–water partition coefficient (Wildman–Crippen LogP) is 2.46. The van der Waals surface area contributed by atoms with Crippen LogP contribution in [-0.4, -0.2) is 35.2 Å². The number of aromatic nitrogens is 1. The summed E-state index contributed by atoms with van der Waals surface area (Å²) >= 11 is 0. The lowest BCUT2D eigenvalue weighted by Gasteiger charge is -2.32. The van der Waals surface area contributed by atoms with Crippen molar-refractivity contribution in [1.29, 1.82) is 0 Å². The van der Waals surface area contributed by atoms with Crippen LogP contribution in [0.5, 0.6) is 0 Å². The minimum atomic E-state index is -0.238. The van der Waals surface area contributed by atoms with Crippen LogP contribution in [0.3, 0.4) is 0 Å². The number of nitrogens with one attached hydrogen (secondary N) is 2. The van der Waals surface area contributed by atoms with Crippen LogP contribution in [0.1, 0.15) is 18.4 Å². The van der Waals surface area contributed by atoms with E-state index in [1.54, 1.807) is 6.07 Å². The smallest absolute Gasteiger partial charge is 0.321 e. The van der Waals surface area contributed by atoms with Crippen molar-refractivity contribution in [3.8, 4) is 0 Å². The summed E-state index contributed by atoms with van der Waals surface area (Å²) in [6.45, 7) is 2.95. The number of amides is 2. The molecule has 1 aromatic carbocycles. The van der Waals surface area contributed by atoms with Gasteiger partial charge in [-0.25, -0.2) is 4.79 Å². The molecular weight excluding hydrogens is 280 g/mol. The number of rotatable bonds is 4. The molecule has 6 heteroatoms. The van der Waals surface area contributed by atoms with Gasteiger partial charge in [0.1, 0.15) is 0 Å². The van der Waals surface area contributed by atoms with E-state index in [0.29, 0.717) is 5.88 Å². The van der Waals surface area contributed by atoms with E-state index in [1.165, 1.54) is 11.8 Å². The van der Waals surface area contributed by atoms with Gasteiger partial charge in [-0.1, -0.05) is 35.5 Å². The van der Waals surface area contributed by atoms with Crippen molar-refractivity contribution >= 4 is 11.9 Å². The van der Waals surface area contributed by atoms with Crippen LogP contribution < -0.4 is 10.6 Å². The number of benzene rings is 1. The number of nitrogens with zero attached hydrogens (tertiary/aromatic N) is 2. The summed E-state index contributed by atoms with van der Waals surface area (Å²) in [4.78, 5) is 14.2. The molecule has 2 aromatic rings. The summed E-state index contributed by atoms with van der Waals surface area (Å²) < 4.78 is 4.85. The molecule has 1 aromatic heterocycles. The first-order valence-corrected chi connectivity index (χ1v) is 7.54. The molecule has 6 nitrogen and oxygen atoms in total. The van der Waals surface area contributed by atoms with E-state index in [1.807, 2.05) is 6.07 Å². The SMILES string of the molecule is O=C(Nc1ccno1)NC1CCN(Cc2ccccc2)CC1. The second-order valence-corrected chi connectivity index (χ2v) is 5.51. The van der Waals surface area contributed by atoms with Crippen LogP contribution in [0.4, 0.5) is 10.7 Å². The molecular formula is C16H20N4O2. The zero-order chi connectivity index (χ0) is 15.2. The number of carbonyl (C=O) groups is 1. The summed E-state index contributed by atoms with van der Waals surface area (Å²) in [6.07, 6.45) is 3.41. The van der Waals surface area contributed by atoms with E-state index in [9.17, 15) is 4.79 Å². The lowest BCUT2D eigenvalue weighted by molar-refractivity contribution is 0.189. The fourth-order valence-corrected chi connectivity index (χ4v) is 2.69. The van der Waals surface area contributed by atoms with Crippen molar-refractivity contribution in [2.24, 2.45) is 0 Å². The van der Waals surface area contributed by atoms with Crippen LogP contribution >= 0.6 is 0 Å². The number of hydrogen-bond donors (Lipinski definition) is 2. The minimum Gasteiger partial charge on any atom is -0.338 e. The summed E-state index contributed by atoms with van der Waals surface area (Å²) in [5.41, 5.74) is 1.33. The molecule has 1 aliphatic heterocycles. The van der Waals surface area contributed by atoms with Gasteiger partial charge in [0, 0.05) is 31.7 Å². The molecule has 0 radical (unpaired) electrons. The maximum Gasteiger partial charge on any atom is 0.321 e. The number of piperidine rings is 1. The van der Waals surface area contributed by atoms with Gasteiger partial charge < -0.3 is 9.84 Å². The minimum absolute atomic E-state index is 0.204. The summed E-state index contributed by atoms with van der Waals surface area (Å²) in [6, 6.07) is 12.0. The predicted molar refractivity (Wildman–Crippen MR) is 83.4 cm³/mol. The molecule has 0 spiro atoms. The zero-order valence-corrected chi connectivity index (χ0v) is 12.4. The zero-order valence-electron chi connectivity index (χ0n) is 12.4. The Labute approximate surface area is 129 Å². The van der Waals surface area contributed by atoms with Gasteiger partial charge in [0.15, 0.2) is 0 Å². The number of urea groups is 1. The highest BCUT2D eigenvalue weighted by molar-refractivity contribution is 5.87. The van der Waals surface area contributed by atoms with E-state index >= 15 is 0 Å². The highest BCUT2D eigenvalue weighted by Crippen LogP contribution is 2.14. The number of carbonyl (C=O) groups excluding carboxylic acids is 1. The molecule has 1 saturated heterocycles. The van der Waals surface area contributed by atoms with Crippen LogP contribution in [0.2, 0.25) is 0 Å². The maximum absolute atomic E-state index is 11.8. The monoisotopic (exact) mass is 300 g/mol. The Balaban J connectivity index is 1.41. The largest absolute Gasteiger partial charge is 0.338 e. The summed E-state index contributed by atoms with van der Waals surface area (Å²) in [7, 11) is 0. The average Bonchev–Trinajstić information content (AvgIpc) is 3.03. The average molecular weight is 300 g/mol. The highest BCUT2D eigenvalue weighted by Gasteiger charge is 2.20. The van der Waals surface area contributed by atoms with Gasteiger partial charge in [0.2, 0.25) is 5.88 Å². The van der Waals surface area contributed by atoms with Crippen molar-refractivity contribution in [3.63, 3.8) is 0 Å². The van der Waals surface area contributed by atoms with E-state index < -0.39 is 0 Å². The van der Waals surface area contributed by atoms with Crippen molar-refractivity contribution in [2.75, 3.05) is 18.4 Å². The molecule has 2 N–H and O–H groups in total. The van der Waals surface area contributed by atoms with Crippen LogP contribution in [-0.2, 0) is 6.54 Å². The first-order valence-electron chi connectivity index (χ1n) is 7.54. The molecule has 22 heavy (non-hydrogen) atoms. The maximum atomic E-state index is 11.8. The Morgan fingerprint density at radius 2 is 2.00 bits per heavy atom. The Bertz CT molecular complexity index is 577. The van der Waals surface area contributed by atoms with Gasteiger partial charge in [0.25, 0.3) is 0 Å². The first-order chi connectivity index (χ1) is 10.8. The number of hydrogen-bond acceptors (Lipinski definition) is 4. The van der Waals surface area contributed by atoms with Gasteiger partial charge in [-0.15, -0.1) is 0 Å².